The van der Waals surface area contributed by atoms with Crippen LogP contribution in [0.2, 0.25) is 0 Å². The molecule has 176 valence electrons. The molecule has 4 aromatic rings. The van der Waals surface area contributed by atoms with Gasteiger partial charge >= 0.3 is 0 Å². The fraction of sp³-hybridized carbons (Fsp3) is 0.179. The van der Waals surface area contributed by atoms with E-state index >= 15 is 0 Å². The van der Waals surface area contributed by atoms with Crippen molar-refractivity contribution in [1.29, 1.82) is 0 Å². The van der Waals surface area contributed by atoms with Crippen molar-refractivity contribution in [3.05, 3.63) is 111 Å². The molecular formula is C28H24BrN3O3. The molecule has 1 atom stereocenters. The third-order valence-electron chi connectivity index (χ3n) is 6.14. The Kier molecular flexibility index (Phi) is 6.72. The molecule has 0 aliphatic heterocycles. The van der Waals surface area contributed by atoms with Gasteiger partial charge in [0, 0.05) is 10.0 Å². The number of aryl methyl sites for hydroxylation is 2. The van der Waals surface area contributed by atoms with E-state index in [0.29, 0.717) is 23.4 Å². The number of amides is 1. The second-order valence-corrected chi connectivity index (χ2v) is 9.48. The molecule has 6 nitrogen and oxygen atoms in total. The van der Waals surface area contributed by atoms with Crippen LogP contribution in [-0.2, 0) is 30.7 Å². The van der Waals surface area contributed by atoms with E-state index in [2.05, 4.69) is 21.2 Å². The van der Waals surface area contributed by atoms with Crippen LogP contribution in [0.1, 0.15) is 39.7 Å². The lowest BCUT2D eigenvalue weighted by atomic mass is 9.90. The second kappa shape index (κ2) is 10.1. The third-order valence-corrected chi connectivity index (χ3v) is 6.67. The molecule has 1 aromatic heterocycles. The van der Waals surface area contributed by atoms with Crippen LogP contribution in [0.4, 0.5) is 5.82 Å². The topological polar surface area (TPSA) is 95.3 Å². The number of fused-ring (bicyclic) bond motifs is 3. The summed E-state index contributed by atoms with van der Waals surface area (Å²) in [6.45, 7) is -0.0207. The molecule has 35 heavy (non-hydrogen) atoms. The van der Waals surface area contributed by atoms with Crippen molar-refractivity contribution < 1.29 is 15.0 Å². The zero-order chi connectivity index (χ0) is 24.4. The lowest BCUT2D eigenvalue weighted by Crippen LogP contribution is -2.21. The number of nitrogens with zero attached hydrogens (tertiary/aromatic N) is 2. The van der Waals surface area contributed by atoms with Gasteiger partial charge in [-0.3, -0.25) is 4.79 Å². The van der Waals surface area contributed by atoms with E-state index in [1.165, 1.54) is 0 Å². The molecule has 1 aliphatic carbocycles. The number of anilines is 1. The number of benzene rings is 3. The molecule has 0 spiro atoms. The molecule has 0 radical (unpaired) electrons. The Morgan fingerprint density at radius 1 is 0.971 bits per heavy atom. The largest absolute Gasteiger partial charge is 0.392 e. The lowest BCUT2D eigenvalue weighted by Gasteiger charge is -2.23. The summed E-state index contributed by atoms with van der Waals surface area (Å²) >= 11 is 3.41. The van der Waals surface area contributed by atoms with E-state index in [0.717, 1.165) is 38.8 Å². The number of rotatable bonds is 6. The fourth-order valence-electron chi connectivity index (χ4n) is 4.35. The van der Waals surface area contributed by atoms with Gasteiger partial charge in [0.1, 0.15) is 11.8 Å². The molecule has 3 aromatic carbocycles. The summed E-state index contributed by atoms with van der Waals surface area (Å²) in [5.41, 5.74) is 6.19. The van der Waals surface area contributed by atoms with E-state index in [1.54, 1.807) is 0 Å². The molecule has 1 aliphatic rings. The van der Waals surface area contributed by atoms with Crippen LogP contribution in [0, 0.1) is 0 Å². The molecule has 5 rings (SSSR count). The van der Waals surface area contributed by atoms with Gasteiger partial charge in [-0.15, -0.1) is 0 Å². The Morgan fingerprint density at radius 3 is 2.46 bits per heavy atom. The monoisotopic (exact) mass is 529 g/mol. The van der Waals surface area contributed by atoms with Gasteiger partial charge in [-0.2, -0.15) is 0 Å². The highest BCUT2D eigenvalue weighted by Crippen LogP contribution is 2.36. The summed E-state index contributed by atoms with van der Waals surface area (Å²) < 4.78 is 0.946. The van der Waals surface area contributed by atoms with Crippen molar-refractivity contribution in [3.8, 4) is 11.3 Å². The summed E-state index contributed by atoms with van der Waals surface area (Å²) in [5.74, 6) is 0.0459. The first kappa shape index (κ1) is 23.4. The van der Waals surface area contributed by atoms with Gasteiger partial charge in [0.05, 0.1) is 24.4 Å². The molecule has 0 saturated carbocycles. The number of aliphatic hydroxyl groups is 2. The Bertz CT molecular complexity index is 1370. The smallest absolute Gasteiger partial charge is 0.229 e. The van der Waals surface area contributed by atoms with Crippen molar-refractivity contribution >= 4 is 27.7 Å². The standard InChI is InChI=1S/C28H24BrN3O3/c29-21-10-6-17(7-11-21)15-24(34)31-28-26(27(35)19-4-2-1-3-5-19)32-25-22-12-8-18(16-33)14-20(22)9-13-23(25)30-28/h1-8,10-12,14,27,33,35H,9,13,15-16H2,(H,30,31,34). The van der Waals surface area contributed by atoms with Gasteiger partial charge in [-0.25, -0.2) is 9.97 Å². The lowest BCUT2D eigenvalue weighted by molar-refractivity contribution is -0.115. The van der Waals surface area contributed by atoms with Gasteiger partial charge in [0.25, 0.3) is 0 Å². The normalized spacial score (nSPS) is 13.0. The Labute approximate surface area is 211 Å². The first-order valence-electron chi connectivity index (χ1n) is 11.4. The average molecular weight is 530 g/mol. The molecule has 0 fully saturated rings. The second-order valence-electron chi connectivity index (χ2n) is 8.57. The van der Waals surface area contributed by atoms with Crippen molar-refractivity contribution in [2.45, 2.75) is 32.0 Å². The molecule has 7 heteroatoms. The minimum absolute atomic E-state index is 0.0207. The van der Waals surface area contributed by atoms with Crippen LogP contribution in [0.5, 0.6) is 0 Å². The summed E-state index contributed by atoms with van der Waals surface area (Å²) in [5, 5.41) is 23.7. The fourth-order valence-corrected chi connectivity index (χ4v) is 4.61. The van der Waals surface area contributed by atoms with E-state index in [4.69, 9.17) is 9.97 Å². The van der Waals surface area contributed by atoms with Gasteiger partial charge in [-0.05, 0) is 47.2 Å². The van der Waals surface area contributed by atoms with Gasteiger partial charge in [0.15, 0.2) is 5.82 Å². The highest BCUT2D eigenvalue weighted by atomic mass is 79.9. The van der Waals surface area contributed by atoms with Gasteiger partial charge in [-0.1, -0.05) is 76.6 Å². The van der Waals surface area contributed by atoms with Crippen molar-refractivity contribution in [1.82, 2.24) is 9.97 Å². The molecule has 0 bridgehead atoms. The van der Waals surface area contributed by atoms with Crippen molar-refractivity contribution in [3.63, 3.8) is 0 Å². The van der Waals surface area contributed by atoms with Crippen LogP contribution in [0.3, 0.4) is 0 Å². The highest BCUT2D eigenvalue weighted by molar-refractivity contribution is 9.10. The number of carbonyl (C=O) groups is 1. The number of halogens is 1. The number of aromatic nitrogens is 2. The number of carbonyl (C=O) groups excluding carboxylic acids is 1. The number of hydrogen-bond acceptors (Lipinski definition) is 5. The quantitative estimate of drug-likeness (QED) is 0.334. The number of hydrogen-bond donors (Lipinski definition) is 3. The van der Waals surface area contributed by atoms with Gasteiger partial charge in [0.2, 0.25) is 5.91 Å². The summed E-state index contributed by atoms with van der Waals surface area (Å²) in [6.07, 6.45) is 0.540. The predicted molar refractivity (Wildman–Crippen MR) is 138 cm³/mol. The Morgan fingerprint density at radius 2 is 1.71 bits per heavy atom. The Hall–Kier alpha value is -3.39. The van der Waals surface area contributed by atoms with Crippen LogP contribution in [-0.4, -0.2) is 26.1 Å². The SMILES string of the molecule is O=C(Cc1ccc(Br)cc1)Nc1nc2c(nc1C(O)c1ccccc1)-c1ccc(CO)cc1CC2. The summed E-state index contributed by atoms with van der Waals surface area (Å²) in [6, 6.07) is 22.6. The number of aliphatic hydroxyl groups excluding tert-OH is 2. The molecule has 1 amide bonds. The Balaban J connectivity index is 1.54. The van der Waals surface area contributed by atoms with Crippen LogP contribution in [0.25, 0.3) is 11.3 Å². The average Bonchev–Trinajstić information content (AvgIpc) is 2.89. The molecule has 1 heterocycles. The van der Waals surface area contributed by atoms with Crippen molar-refractivity contribution in [2.75, 3.05) is 5.32 Å². The third kappa shape index (κ3) is 5.03. The summed E-state index contributed by atoms with van der Waals surface area (Å²) in [4.78, 5) is 22.6. The molecule has 1 unspecified atom stereocenters. The minimum atomic E-state index is -1.06. The maximum atomic E-state index is 12.9. The zero-order valence-corrected chi connectivity index (χ0v) is 20.5. The first-order valence-corrected chi connectivity index (χ1v) is 12.2. The summed E-state index contributed by atoms with van der Waals surface area (Å²) in [7, 11) is 0. The van der Waals surface area contributed by atoms with E-state index in [9.17, 15) is 15.0 Å². The van der Waals surface area contributed by atoms with E-state index in [1.807, 2.05) is 72.8 Å². The maximum absolute atomic E-state index is 12.9. The molecular weight excluding hydrogens is 506 g/mol. The van der Waals surface area contributed by atoms with Crippen molar-refractivity contribution in [2.24, 2.45) is 0 Å². The van der Waals surface area contributed by atoms with Crippen LogP contribution >= 0.6 is 15.9 Å². The predicted octanol–water partition coefficient (Wildman–Crippen LogP) is 4.76. The number of nitrogens with one attached hydrogen (secondary N) is 1. The van der Waals surface area contributed by atoms with E-state index < -0.39 is 6.10 Å². The minimum Gasteiger partial charge on any atom is -0.392 e. The molecule has 0 saturated heterocycles. The van der Waals surface area contributed by atoms with Crippen LogP contribution < -0.4 is 5.32 Å². The maximum Gasteiger partial charge on any atom is 0.229 e. The van der Waals surface area contributed by atoms with E-state index in [-0.39, 0.29) is 24.8 Å². The van der Waals surface area contributed by atoms with Gasteiger partial charge < -0.3 is 15.5 Å². The first-order chi connectivity index (χ1) is 17.0. The molecule has 3 N–H and O–H groups in total. The van der Waals surface area contributed by atoms with Crippen LogP contribution in [0.15, 0.2) is 77.3 Å². The highest BCUT2D eigenvalue weighted by Gasteiger charge is 2.26. The zero-order valence-electron chi connectivity index (χ0n) is 18.9.